The smallest absolute Gasteiger partial charge is 0.338 e. The maximum atomic E-state index is 14.7. The number of ether oxygens (including phenoxy) is 3. The summed E-state index contributed by atoms with van der Waals surface area (Å²) >= 11 is 0. The molecule has 1 saturated carbocycles. The van der Waals surface area contributed by atoms with Gasteiger partial charge in [-0.05, 0) is 50.2 Å². The molecule has 30 heavy (non-hydrogen) atoms. The first-order valence-corrected chi connectivity index (χ1v) is 11.8. The molecule has 3 rings (SSSR count). The third kappa shape index (κ3) is 6.52. The summed E-state index contributed by atoms with van der Waals surface area (Å²) in [6.45, 7) is 5.21. The van der Waals surface area contributed by atoms with Crippen LogP contribution in [0, 0.1) is 11.7 Å². The fourth-order valence-electron chi connectivity index (χ4n) is 4.59. The van der Waals surface area contributed by atoms with Gasteiger partial charge in [0.15, 0.2) is 0 Å². The van der Waals surface area contributed by atoms with E-state index >= 15 is 0 Å². The lowest BCUT2D eigenvalue weighted by atomic mass is 9.85. The zero-order chi connectivity index (χ0) is 21.3. The van der Waals surface area contributed by atoms with Crippen molar-refractivity contribution in [3.63, 3.8) is 0 Å². The number of hydrogen-bond acceptors (Lipinski definition) is 4. The molecule has 1 aromatic carbocycles. The third-order valence-electron chi connectivity index (χ3n) is 6.44. The van der Waals surface area contributed by atoms with Gasteiger partial charge in [0.05, 0.1) is 24.9 Å². The molecule has 0 spiro atoms. The van der Waals surface area contributed by atoms with Gasteiger partial charge in [-0.3, -0.25) is 0 Å². The SMILES string of the molecule is CCCCCC1COC(c2ccc(C(=O)OC3CCC(CCC)CC3)cc2F)CO1. The number of hydrogen-bond donors (Lipinski definition) is 0. The first-order chi connectivity index (χ1) is 14.6. The number of halogens is 1. The Kier molecular flexibility index (Phi) is 9.13. The van der Waals surface area contributed by atoms with Gasteiger partial charge in [-0.1, -0.05) is 52.0 Å². The number of carbonyl (C=O) groups is 1. The molecule has 1 heterocycles. The average molecular weight is 421 g/mol. The lowest BCUT2D eigenvalue weighted by Gasteiger charge is -2.30. The molecular formula is C25H37FO4. The second kappa shape index (κ2) is 11.8. The van der Waals surface area contributed by atoms with Crippen molar-refractivity contribution in [2.75, 3.05) is 13.2 Å². The number of esters is 1. The number of unbranched alkanes of at least 4 members (excludes halogenated alkanes) is 2. The number of carbonyl (C=O) groups excluding carboxylic acids is 1. The van der Waals surface area contributed by atoms with Crippen LogP contribution in [0.3, 0.4) is 0 Å². The van der Waals surface area contributed by atoms with Crippen LogP contribution in [0.4, 0.5) is 4.39 Å². The van der Waals surface area contributed by atoms with Crippen molar-refractivity contribution in [3.05, 3.63) is 35.1 Å². The van der Waals surface area contributed by atoms with Gasteiger partial charge in [-0.2, -0.15) is 0 Å². The Labute approximate surface area is 180 Å². The zero-order valence-corrected chi connectivity index (χ0v) is 18.5. The summed E-state index contributed by atoms with van der Waals surface area (Å²) in [5.41, 5.74) is 0.708. The molecule has 2 aliphatic rings. The standard InChI is InChI=1S/C25H37FO4/c1-3-5-6-8-21-16-29-24(17-28-21)22-14-11-19(15-23(22)26)25(27)30-20-12-9-18(7-4-2)10-13-20/h11,14-15,18,20-21,24H,3-10,12-13,16-17H2,1-2H3. The molecule has 0 aromatic heterocycles. The van der Waals surface area contributed by atoms with Gasteiger partial charge in [-0.25, -0.2) is 9.18 Å². The van der Waals surface area contributed by atoms with Crippen molar-refractivity contribution in [2.45, 2.75) is 96.4 Å². The van der Waals surface area contributed by atoms with Crippen LogP contribution in [-0.2, 0) is 14.2 Å². The van der Waals surface area contributed by atoms with Crippen LogP contribution in [0.2, 0.25) is 0 Å². The van der Waals surface area contributed by atoms with E-state index in [9.17, 15) is 9.18 Å². The molecule has 168 valence electrons. The predicted octanol–water partition coefficient (Wildman–Crippen LogP) is 6.38. The first kappa shape index (κ1) is 23.2. The summed E-state index contributed by atoms with van der Waals surface area (Å²) in [4.78, 5) is 12.5. The van der Waals surface area contributed by atoms with Gasteiger partial charge in [0.2, 0.25) is 0 Å². The van der Waals surface area contributed by atoms with Crippen molar-refractivity contribution < 1.29 is 23.4 Å². The molecule has 4 nitrogen and oxygen atoms in total. The summed E-state index contributed by atoms with van der Waals surface area (Å²) < 4.78 is 32.1. The van der Waals surface area contributed by atoms with Gasteiger partial charge in [0.1, 0.15) is 18.0 Å². The van der Waals surface area contributed by atoms with E-state index < -0.39 is 17.9 Å². The minimum Gasteiger partial charge on any atom is -0.459 e. The Morgan fingerprint density at radius 1 is 1.03 bits per heavy atom. The fraction of sp³-hybridized carbons (Fsp3) is 0.720. The highest BCUT2D eigenvalue weighted by Gasteiger charge is 2.27. The quantitative estimate of drug-likeness (QED) is 0.343. The Balaban J connectivity index is 1.49. The first-order valence-electron chi connectivity index (χ1n) is 11.8. The highest BCUT2D eigenvalue weighted by Crippen LogP contribution is 2.31. The summed E-state index contributed by atoms with van der Waals surface area (Å²) in [5.74, 6) is -0.115. The van der Waals surface area contributed by atoms with E-state index in [1.165, 1.54) is 31.7 Å². The monoisotopic (exact) mass is 420 g/mol. The molecule has 1 aliphatic carbocycles. The Morgan fingerprint density at radius 2 is 1.83 bits per heavy atom. The molecule has 1 aromatic rings. The van der Waals surface area contributed by atoms with Crippen molar-refractivity contribution in [1.29, 1.82) is 0 Å². The average Bonchev–Trinajstić information content (AvgIpc) is 2.76. The Bertz CT molecular complexity index is 661. The van der Waals surface area contributed by atoms with Gasteiger partial charge >= 0.3 is 5.97 Å². The third-order valence-corrected chi connectivity index (χ3v) is 6.44. The van der Waals surface area contributed by atoms with E-state index in [1.807, 2.05) is 0 Å². The van der Waals surface area contributed by atoms with E-state index in [0.717, 1.165) is 44.4 Å². The molecule has 2 atom stereocenters. The van der Waals surface area contributed by atoms with Gasteiger partial charge in [-0.15, -0.1) is 0 Å². The van der Waals surface area contributed by atoms with Crippen molar-refractivity contribution in [1.82, 2.24) is 0 Å². The van der Waals surface area contributed by atoms with Gasteiger partial charge in [0.25, 0.3) is 0 Å². The van der Waals surface area contributed by atoms with Crippen LogP contribution in [-0.4, -0.2) is 31.4 Å². The molecular weight excluding hydrogens is 383 g/mol. The molecule has 0 bridgehead atoms. The molecule has 5 heteroatoms. The molecule has 1 saturated heterocycles. The predicted molar refractivity (Wildman–Crippen MR) is 115 cm³/mol. The van der Waals surface area contributed by atoms with Crippen LogP contribution in [0.15, 0.2) is 18.2 Å². The van der Waals surface area contributed by atoms with Crippen LogP contribution in [0.5, 0.6) is 0 Å². The van der Waals surface area contributed by atoms with Crippen LogP contribution >= 0.6 is 0 Å². The summed E-state index contributed by atoms with van der Waals surface area (Å²) in [6.07, 6.45) is 10.6. The Hall–Kier alpha value is -1.46. The van der Waals surface area contributed by atoms with Crippen molar-refractivity contribution in [2.24, 2.45) is 5.92 Å². The van der Waals surface area contributed by atoms with Crippen LogP contribution < -0.4 is 0 Å². The number of benzene rings is 1. The van der Waals surface area contributed by atoms with E-state index in [2.05, 4.69) is 13.8 Å². The Morgan fingerprint density at radius 3 is 2.47 bits per heavy atom. The van der Waals surface area contributed by atoms with Gasteiger partial charge < -0.3 is 14.2 Å². The molecule has 0 amide bonds. The second-order valence-electron chi connectivity index (χ2n) is 8.85. The maximum Gasteiger partial charge on any atom is 0.338 e. The fourth-order valence-corrected chi connectivity index (χ4v) is 4.59. The second-order valence-corrected chi connectivity index (χ2v) is 8.85. The molecule has 2 unspecified atom stereocenters. The lowest BCUT2D eigenvalue weighted by molar-refractivity contribution is -0.138. The number of rotatable bonds is 9. The molecule has 1 aliphatic heterocycles. The van der Waals surface area contributed by atoms with Crippen molar-refractivity contribution in [3.8, 4) is 0 Å². The summed E-state index contributed by atoms with van der Waals surface area (Å²) in [7, 11) is 0. The normalized spacial score (nSPS) is 27.0. The largest absolute Gasteiger partial charge is 0.459 e. The summed E-state index contributed by atoms with van der Waals surface area (Å²) in [5, 5.41) is 0. The van der Waals surface area contributed by atoms with Gasteiger partial charge in [0, 0.05) is 5.56 Å². The van der Waals surface area contributed by atoms with E-state index in [0.29, 0.717) is 18.8 Å². The minimum atomic E-state index is -0.436. The van der Waals surface area contributed by atoms with Crippen molar-refractivity contribution >= 4 is 5.97 Å². The van der Waals surface area contributed by atoms with E-state index in [-0.39, 0.29) is 17.8 Å². The topological polar surface area (TPSA) is 44.8 Å². The maximum absolute atomic E-state index is 14.7. The zero-order valence-electron chi connectivity index (χ0n) is 18.5. The summed E-state index contributed by atoms with van der Waals surface area (Å²) in [6, 6.07) is 4.55. The van der Waals surface area contributed by atoms with E-state index in [1.54, 1.807) is 12.1 Å². The highest BCUT2D eigenvalue weighted by molar-refractivity contribution is 5.89. The lowest BCUT2D eigenvalue weighted by Crippen LogP contribution is -2.31. The molecule has 0 N–H and O–H groups in total. The minimum absolute atomic E-state index is 0.0481. The van der Waals surface area contributed by atoms with E-state index in [4.69, 9.17) is 14.2 Å². The highest BCUT2D eigenvalue weighted by atomic mass is 19.1. The molecule has 2 fully saturated rings. The van der Waals surface area contributed by atoms with Crippen LogP contribution in [0.25, 0.3) is 0 Å². The van der Waals surface area contributed by atoms with Crippen LogP contribution in [0.1, 0.15) is 100 Å². The molecule has 0 radical (unpaired) electrons.